The van der Waals surface area contributed by atoms with E-state index < -0.39 is 0 Å². The smallest absolute Gasteiger partial charge is 0.261 e. The van der Waals surface area contributed by atoms with Crippen LogP contribution in [0, 0.1) is 0 Å². The molecular formula is C21H16N4O2S3. The van der Waals surface area contributed by atoms with Crippen molar-refractivity contribution in [3.63, 3.8) is 0 Å². The fourth-order valence-electron chi connectivity index (χ4n) is 3.29. The number of nitrogens with one attached hydrogen (secondary N) is 1. The molecule has 1 unspecified atom stereocenters. The standard InChI is InChI=1S/C21H16N4O2S3/c1-11(30-21-22-14-7-4-3-6-12(14)20(27)25(21)2)17-23-18(26)16-13(10-29-19(16)24-17)15-8-5-9-28-15/h3-11H,1-2H3,(H,23,24,26). The van der Waals surface area contributed by atoms with Gasteiger partial charge in [-0.05, 0) is 30.5 Å². The van der Waals surface area contributed by atoms with Crippen LogP contribution in [0.5, 0.6) is 0 Å². The van der Waals surface area contributed by atoms with Crippen LogP contribution in [-0.4, -0.2) is 19.5 Å². The number of para-hydroxylation sites is 1. The molecule has 0 aliphatic carbocycles. The molecule has 5 rings (SSSR count). The molecule has 5 aromatic rings. The summed E-state index contributed by atoms with van der Waals surface area (Å²) in [6.45, 7) is 1.95. The van der Waals surface area contributed by atoms with Gasteiger partial charge in [-0.15, -0.1) is 22.7 Å². The van der Waals surface area contributed by atoms with Crippen LogP contribution in [0.4, 0.5) is 0 Å². The number of aromatic amines is 1. The molecule has 0 aliphatic heterocycles. The summed E-state index contributed by atoms with van der Waals surface area (Å²) in [6, 6.07) is 11.3. The summed E-state index contributed by atoms with van der Waals surface area (Å²) >= 11 is 4.47. The van der Waals surface area contributed by atoms with Gasteiger partial charge in [0.05, 0.1) is 21.5 Å². The predicted octanol–water partition coefficient (Wildman–Crippen LogP) is 4.81. The topological polar surface area (TPSA) is 80.6 Å². The summed E-state index contributed by atoms with van der Waals surface area (Å²) < 4.78 is 1.54. The minimum Gasteiger partial charge on any atom is -0.309 e. The largest absolute Gasteiger partial charge is 0.309 e. The van der Waals surface area contributed by atoms with Crippen molar-refractivity contribution < 1.29 is 0 Å². The summed E-state index contributed by atoms with van der Waals surface area (Å²) in [6.07, 6.45) is 0. The van der Waals surface area contributed by atoms with E-state index in [4.69, 9.17) is 4.98 Å². The predicted molar refractivity (Wildman–Crippen MR) is 125 cm³/mol. The van der Waals surface area contributed by atoms with Gasteiger partial charge in [-0.2, -0.15) is 0 Å². The van der Waals surface area contributed by atoms with E-state index in [0.29, 0.717) is 32.1 Å². The van der Waals surface area contributed by atoms with E-state index in [-0.39, 0.29) is 16.4 Å². The Labute approximate surface area is 183 Å². The molecule has 6 nitrogen and oxygen atoms in total. The van der Waals surface area contributed by atoms with Crippen molar-refractivity contribution in [1.82, 2.24) is 19.5 Å². The lowest BCUT2D eigenvalue weighted by molar-refractivity contribution is 0.722. The first-order valence-corrected chi connectivity index (χ1v) is 11.8. The molecule has 0 radical (unpaired) electrons. The van der Waals surface area contributed by atoms with Gasteiger partial charge in [0.1, 0.15) is 10.7 Å². The number of aromatic nitrogens is 4. The molecule has 0 amide bonds. The minimum atomic E-state index is -0.186. The second kappa shape index (κ2) is 7.50. The monoisotopic (exact) mass is 452 g/mol. The van der Waals surface area contributed by atoms with Crippen LogP contribution >= 0.6 is 34.4 Å². The van der Waals surface area contributed by atoms with Gasteiger partial charge in [0.25, 0.3) is 11.1 Å². The van der Waals surface area contributed by atoms with Gasteiger partial charge < -0.3 is 4.98 Å². The average Bonchev–Trinajstić information content (AvgIpc) is 3.41. The lowest BCUT2D eigenvalue weighted by atomic mass is 10.2. The maximum atomic E-state index is 12.9. The van der Waals surface area contributed by atoms with Crippen molar-refractivity contribution in [1.29, 1.82) is 0 Å². The molecule has 1 atom stereocenters. The van der Waals surface area contributed by atoms with E-state index in [1.807, 2.05) is 48.0 Å². The highest BCUT2D eigenvalue weighted by molar-refractivity contribution is 7.99. The summed E-state index contributed by atoms with van der Waals surface area (Å²) in [5.74, 6) is 0.569. The van der Waals surface area contributed by atoms with Crippen LogP contribution in [-0.2, 0) is 7.05 Å². The van der Waals surface area contributed by atoms with Crippen molar-refractivity contribution in [3.05, 3.63) is 73.7 Å². The van der Waals surface area contributed by atoms with Gasteiger partial charge in [0.15, 0.2) is 5.16 Å². The Balaban J connectivity index is 1.54. The first-order valence-electron chi connectivity index (χ1n) is 9.20. The molecule has 9 heteroatoms. The molecule has 0 aliphatic rings. The lowest BCUT2D eigenvalue weighted by Crippen LogP contribution is -2.20. The molecule has 0 spiro atoms. The third-order valence-electron chi connectivity index (χ3n) is 4.86. The maximum Gasteiger partial charge on any atom is 0.261 e. The van der Waals surface area contributed by atoms with Gasteiger partial charge in [-0.1, -0.05) is 30.0 Å². The zero-order valence-electron chi connectivity index (χ0n) is 16.1. The summed E-state index contributed by atoms with van der Waals surface area (Å²) in [7, 11) is 1.71. The van der Waals surface area contributed by atoms with Crippen LogP contribution in [0.3, 0.4) is 0 Å². The fraction of sp³-hybridized carbons (Fsp3) is 0.143. The number of nitrogens with zero attached hydrogens (tertiary/aromatic N) is 3. The summed E-state index contributed by atoms with van der Waals surface area (Å²) in [5.41, 5.74) is 1.34. The summed E-state index contributed by atoms with van der Waals surface area (Å²) in [4.78, 5) is 39.6. The molecule has 30 heavy (non-hydrogen) atoms. The van der Waals surface area contributed by atoms with Crippen molar-refractivity contribution >= 4 is 55.6 Å². The highest BCUT2D eigenvalue weighted by Crippen LogP contribution is 2.36. The first kappa shape index (κ1) is 19.2. The molecule has 0 saturated heterocycles. The molecule has 0 saturated carbocycles. The van der Waals surface area contributed by atoms with Crippen LogP contribution in [0.25, 0.3) is 31.6 Å². The Kier molecular flexibility index (Phi) is 4.80. The van der Waals surface area contributed by atoms with Gasteiger partial charge >= 0.3 is 0 Å². The minimum absolute atomic E-state index is 0.0916. The Hall–Kier alpha value is -2.75. The Morgan fingerprint density at radius 1 is 1.10 bits per heavy atom. The number of thiophene rings is 2. The second-order valence-corrected chi connectivity index (χ2v) is 9.91. The van der Waals surface area contributed by atoms with Crippen LogP contribution < -0.4 is 11.1 Å². The Morgan fingerprint density at radius 3 is 2.73 bits per heavy atom. The third kappa shape index (κ3) is 3.19. The average molecular weight is 453 g/mol. The molecule has 4 heterocycles. The van der Waals surface area contributed by atoms with Gasteiger partial charge in [0.2, 0.25) is 0 Å². The SMILES string of the molecule is CC(Sc1nc2ccccc2c(=O)n1C)c1nc2scc(-c3cccs3)c2c(=O)[nH]1. The number of thioether (sulfide) groups is 1. The molecule has 1 aromatic carbocycles. The van der Waals surface area contributed by atoms with E-state index in [2.05, 4.69) is 9.97 Å². The number of hydrogen-bond acceptors (Lipinski definition) is 7. The Bertz CT molecular complexity index is 1500. The zero-order chi connectivity index (χ0) is 20.8. The van der Waals surface area contributed by atoms with Crippen molar-refractivity contribution in [2.24, 2.45) is 7.05 Å². The number of benzene rings is 1. The van der Waals surface area contributed by atoms with Crippen LogP contribution in [0.2, 0.25) is 0 Å². The van der Waals surface area contributed by atoms with Crippen LogP contribution in [0.1, 0.15) is 18.0 Å². The molecule has 150 valence electrons. The van der Waals surface area contributed by atoms with E-state index >= 15 is 0 Å². The van der Waals surface area contributed by atoms with Gasteiger partial charge in [0, 0.05) is 22.9 Å². The first-order chi connectivity index (χ1) is 14.5. The number of hydrogen-bond donors (Lipinski definition) is 1. The van der Waals surface area contributed by atoms with Crippen LogP contribution in [0.15, 0.2) is 61.9 Å². The summed E-state index contributed by atoms with van der Waals surface area (Å²) in [5, 5.41) is 5.58. The van der Waals surface area contributed by atoms with Gasteiger partial charge in [-0.3, -0.25) is 14.2 Å². The number of H-pyrrole nitrogens is 1. The van der Waals surface area contributed by atoms with E-state index in [9.17, 15) is 9.59 Å². The zero-order valence-corrected chi connectivity index (χ0v) is 18.5. The molecule has 0 bridgehead atoms. The van der Waals surface area contributed by atoms with E-state index in [1.165, 1.54) is 23.1 Å². The molecule has 4 aromatic heterocycles. The van der Waals surface area contributed by atoms with E-state index in [1.54, 1.807) is 29.0 Å². The molecular weight excluding hydrogens is 436 g/mol. The lowest BCUT2D eigenvalue weighted by Gasteiger charge is -2.13. The van der Waals surface area contributed by atoms with E-state index in [0.717, 1.165) is 10.4 Å². The fourth-order valence-corrected chi connectivity index (χ4v) is 5.99. The van der Waals surface area contributed by atoms with Crippen molar-refractivity contribution in [3.8, 4) is 10.4 Å². The number of rotatable bonds is 4. The highest BCUT2D eigenvalue weighted by Gasteiger charge is 2.19. The normalized spacial score (nSPS) is 12.6. The Morgan fingerprint density at radius 2 is 1.93 bits per heavy atom. The second-order valence-electron chi connectivity index (χ2n) is 6.79. The third-order valence-corrected chi connectivity index (χ3v) is 7.79. The van der Waals surface area contributed by atoms with Crippen molar-refractivity contribution in [2.45, 2.75) is 17.3 Å². The molecule has 0 fully saturated rings. The molecule has 1 N–H and O–H groups in total. The van der Waals surface area contributed by atoms with Gasteiger partial charge in [-0.25, -0.2) is 9.97 Å². The highest BCUT2D eigenvalue weighted by atomic mass is 32.2. The maximum absolute atomic E-state index is 12.9. The van der Waals surface area contributed by atoms with Crippen molar-refractivity contribution in [2.75, 3.05) is 0 Å². The quantitative estimate of drug-likeness (QED) is 0.313. The number of fused-ring (bicyclic) bond motifs is 2.